The highest BCUT2D eigenvalue weighted by Gasteiger charge is 2.04. The van der Waals surface area contributed by atoms with Gasteiger partial charge in [-0.05, 0) is 46.1 Å². The maximum atomic E-state index is 5.58. The van der Waals surface area contributed by atoms with Crippen molar-refractivity contribution in [2.24, 2.45) is 0 Å². The lowest BCUT2D eigenvalue weighted by Gasteiger charge is -2.06. The lowest BCUT2D eigenvalue weighted by Crippen LogP contribution is -1.93. The zero-order chi connectivity index (χ0) is 12.3. The Morgan fingerprint density at radius 1 is 1.24 bits per heavy atom. The predicted octanol–water partition coefficient (Wildman–Crippen LogP) is 4.23. The van der Waals surface area contributed by atoms with Gasteiger partial charge in [-0.2, -0.15) is 0 Å². The van der Waals surface area contributed by atoms with E-state index < -0.39 is 0 Å². The molecule has 0 fully saturated rings. The number of aryl methyl sites for hydroxylation is 1. The number of nitrogens with zero attached hydrogens (tertiary/aromatic N) is 2. The van der Waals surface area contributed by atoms with E-state index in [1.165, 1.54) is 5.56 Å². The van der Waals surface area contributed by atoms with Gasteiger partial charge in [0.25, 0.3) is 0 Å². The van der Waals surface area contributed by atoms with Gasteiger partial charge < -0.3 is 4.74 Å². The summed E-state index contributed by atoms with van der Waals surface area (Å²) in [5.41, 5.74) is 2.18. The van der Waals surface area contributed by atoms with Crippen molar-refractivity contribution in [1.29, 1.82) is 0 Å². The second-order valence-electron chi connectivity index (χ2n) is 3.54. The summed E-state index contributed by atoms with van der Waals surface area (Å²) in [6.07, 6.45) is 3.47. The number of aromatic nitrogens is 2. The van der Waals surface area contributed by atoms with Crippen LogP contribution in [0.4, 0.5) is 0 Å². The van der Waals surface area contributed by atoms with Crippen LogP contribution < -0.4 is 4.74 Å². The van der Waals surface area contributed by atoms with Gasteiger partial charge in [0.1, 0.15) is 5.75 Å². The molecule has 5 heteroatoms. The van der Waals surface area contributed by atoms with Crippen LogP contribution in [0.3, 0.4) is 0 Å². The molecule has 0 N–H and O–H groups in total. The van der Waals surface area contributed by atoms with Crippen LogP contribution in [-0.2, 0) is 5.33 Å². The summed E-state index contributed by atoms with van der Waals surface area (Å²) in [5, 5.41) is 0.738. The number of hydrogen-bond acceptors (Lipinski definition) is 3. The largest absolute Gasteiger partial charge is 0.423 e. The molecule has 0 radical (unpaired) electrons. The fraction of sp³-hybridized carbons (Fsp3) is 0.167. The highest BCUT2D eigenvalue weighted by Crippen LogP contribution is 2.28. The number of ether oxygens (including phenoxy) is 1. The van der Waals surface area contributed by atoms with E-state index in [4.69, 9.17) is 4.74 Å². The molecule has 0 saturated heterocycles. The molecule has 3 nitrogen and oxygen atoms in total. The average molecular weight is 358 g/mol. The summed E-state index contributed by atoms with van der Waals surface area (Å²) in [6.45, 7) is 2.02. The Kier molecular flexibility index (Phi) is 4.12. The van der Waals surface area contributed by atoms with Crippen LogP contribution in [0, 0.1) is 6.92 Å². The van der Waals surface area contributed by atoms with Crippen LogP contribution in [0.2, 0.25) is 0 Å². The van der Waals surface area contributed by atoms with Gasteiger partial charge >= 0.3 is 6.01 Å². The zero-order valence-corrected chi connectivity index (χ0v) is 12.3. The van der Waals surface area contributed by atoms with E-state index in [0.29, 0.717) is 11.8 Å². The Balaban J connectivity index is 2.19. The smallest absolute Gasteiger partial charge is 0.321 e. The Labute approximate surface area is 117 Å². The molecule has 0 spiro atoms. The molecule has 2 aromatic rings. The topological polar surface area (TPSA) is 35.0 Å². The van der Waals surface area contributed by atoms with Gasteiger partial charge in [-0.25, -0.2) is 9.97 Å². The molecule has 0 saturated carbocycles. The van der Waals surface area contributed by atoms with E-state index >= 15 is 0 Å². The van der Waals surface area contributed by atoms with Gasteiger partial charge in [0.05, 0.1) is 4.47 Å². The van der Waals surface area contributed by atoms with E-state index in [-0.39, 0.29) is 0 Å². The molecule has 0 aliphatic carbocycles. The fourth-order valence-corrected chi connectivity index (χ4v) is 2.12. The third-order valence-corrected chi connectivity index (χ3v) is 3.39. The Morgan fingerprint density at radius 2 is 1.94 bits per heavy atom. The summed E-state index contributed by atoms with van der Waals surface area (Å²) >= 11 is 6.78. The highest BCUT2D eigenvalue weighted by atomic mass is 79.9. The van der Waals surface area contributed by atoms with Gasteiger partial charge in [0.2, 0.25) is 0 Å². The molecule has 0 atom stereocenters. The van der Waals surface area contributed by atoms with Crippen LogP contribution in [0.5, 0.6) is 11.8 Å². The number of halogens is 2. The molecule has 0 amide bonds. The SMILES string of the molecule is Cc1ccc(Oc2ncc(CBr)cn2)c(Br)c1. The third-order valence-electron chi connectivity index (χ3n) is 2.12. The van der Waals surface area contributed by atoms with Gasteiger partial charge in [-0.1, -0.05) is 22.0 Å². The first-order chi connectivity index (χ1) is 8.19. The van der Waals surface area contributed by atoms with Crippen LogP contribution in [-0.4, -0.2) is 9.97 Å². The Hall–Kier alpha value is -0.940. The maximum Gasteiger partial charge on any atom is 0.321 e. The lowest BCUT2D eigenvalue weighted by molar-refractivity contribution is 0.438. The zero-order valence-electron chi connectivity index (χ0n) is 9.15. The molecule has 1 aromatic carbocycles. The average Bonchev–Trinajstić information content (AvgIpc) is 2.34. The molecule has 0 aliphatic rings. The van der Waals surface area contributed by atoms with Crippen molar-refractivity contribution >= 4 is 31.9 Å². The van der Waals surface area contributed by atoms with Crippen LogP contribution in [0.15, 0.2) is 35.1 Å². The molecule has 17 heavy (non-hydrogen) atoms. The van der Waals surface area contributed by atoms with E-state index in [2.05, 4.69) is 41.8 Å². The first-order valence-electron chi connectivity index (χ1n) is 5.00. The van der Waals surface area contributed by atoms with Crippen molar-refractivity contribution in [2.75, 3.05) is 0 Å². The lowest BCUT2D eigenvalue weighted by atomic mass is 10.2. The second-order valence-corrected chi connectivity index (χ2v) is 4.96. The Morgan fingerprint density at radius 3 is 2.53 bits per heavy atom. The molecule has 1 aromatic heterocycles. The number of rotatable bonds is 3. The van der Waals surface area contributed by atoms with Crippen LogP contribution >= 0.6 is 31.9 Å². The number of hydrogen-bond donors (Lipinski definition) is 0. The molecule has 0 bridgehead atoms. The summed E-state index contributed by atoms with van der Waals surface area (Å²) in [7, 11) is 0. The van der Waals surface area contributed by atoms with Crippen molar-refractivity contribution in [1.82, 2.24) is 9.97 Å². The van der Waals surface area contributed by atoms with Crippen LogP contribution in [0.25, 0.3) is 0 Å². The van der Waals surface area contributed by atoms with Crippen molar-refractivity contribution < 1.29 is 4.74 Å². The monoisotopic (exact) mass is 356 g/mol. The van der Waals surface area contributed by atoms with Gasteiger partial charge in [0.15, 0.2) is 0 Å². The minimum absolute atomic E-state index is 0.347. The second kappa shape index (κ2) is 5.60. The van der Waals surface area contributed by atoms with Crippen molar-refractivity contribution in [2.45, 2.75) is 12.3 Å². The van der Waals surface area contributed by atoms with Crippen LogP contribution in [0.1, 0.15) is 11.1 Å². The molecule has 2 rings (SSSR count). The van der Waals surface area contributed by atoms with Crippen molar-refractivity contribution in [3.05, 3.63) is 46.2 Å². The quantitative estimate of drug-likeness (QED) is 0.771. The maximum absolute atomic E-state index is 5.58. The van der Waals surface area contributed by atoms with Crippen molar-refractivity contribution in [3.63, 3.8) is 0 Å². The fourth-order valence-electron chi connectivity index (χ4n) is 1.25. The molecule has 0 aliphatic heterocycles. The predicted molar refractivity (Wildman–Crippen MR) is 73.6 cm³/mol. The van der Waals surface area contributed by atoms with E-state index in [0.717, 1.165) is 15.4 Å². The minimum atomic E-state index is 0.347. The standard InChI is InChI=1S/C12H10Br2N2O/c1-8-2-3-11(10(14)4-8)17-12-15-6-9(5-13)7-16-12/h2-4,6-7H,5H2,1H3. The van der Waals surface area contributed by atoms with E-state index in [9.17, 15) is 0 Å². The van der Waals surface area contributed by atoms with E-state index in [1.807, 2.05) is 25.1 Å². The van der Waals surface area contributed by atoms with Gasteiger partial charge in [-0.3, -0.25) is 0 Å². The summed E-state index contributed by atoms with van der Waals surface area (Å²) in [4.78, 5) is 8.25. The summed E-state index contributed by atoms with van der Waals surface area (Å²) < 4.78 is 6.47. The summed E-state index contributed by atoms with van der Waals surface area (Å²) in [5.74, 6) is 0.710. The number of benzene rings is 1. The van der Waals surface area contributed by atoms with Gasteiger partial charge in [0, 0.05) is 17.7 Å². The molecular weight excluding hydrogens is 348 g/mol. The molecule has 88 valence electrons. The first-order valence-corrected chi connectivity index (χ1v) is 6.91. The minimum Gasteiger partial charge on any atom is -0.423 e. The van der Waals surface area contributed by atoms with Gasteiger partial charge in [-0.15, -0.1) is 0 Å². The highest BCUT2D eigenvalue weighted by molar-refractivity contribution is 9.10. The first kappa shape index (κ1) is 12.5. The normalized spacial score (nSPS) is 10.3. The molecule has 0 unspecified atom stereocenters. The Bertz CT molecular complexity index is 514. The van der Waals surface area contributed by atoms with Crippen molar-refractivity contribution in [3.8, 4) is 11.8 Å². The third kappa shape index (κ3) is 3.26. The number of alkyl halides is 1. The molecule has 1 heterocycles. The molecular formula is C12H10Br2N2O. The summed E-state index contributed by atoms with van der Waals surface area (Å²) in [6, 6.07) is 6.20. The van der Waals surface area contributed by atoms with E-state index in [1.54, 1.807) is 12.4 Å².